The first-order valence-electron chi connectivity index (χ1n) is 9.35. The Labute approximate surface area is 173 Å². The lowest BCUT2D eigenvalue weighted by atomic mass is 10.2. The standard InChI is InChI=1S/3C8H6N2/c1-2-7-6-9-5-3-8(7)10-4-1;1-2-4-8-7(3-1)5-9-6-10-8;1-2-4-8-7(3-1)9-5-6-10-8/h3*1-6H. The topological polar surface area (TPSA) is 77.3 Å². The number of para-hydroxylation sites is 3. The molecule has 0 atom stereocenters. The van der Waals surface area contributed by atoms with Crippen molar-refractivity contribution in [3.05, 3.63) is 110 Å². The van der Waals surface area contributed by atoms with Gasteiger partial charge in [0.15, 0.2) is 0 Å². The van der Waals surface area contributed by atoms with E-state index in [2.05, 4.69) is 29.9 Å². The van der Waals surface area contributed by atoms with Gasteiger partial charge in [-0.1, -0.05) is 30.3 Å². The summed E-state index contributed by atoms with van der Waals surface area (Å²) in [7, 11) is 0. The van der Waals surface area contributed by atoms with Crippen molar-refractivity contribution in [1.29, 1.82) is 0 Å². The van der Waals surface area contributed by atoms with Crippen LogP contribution in [-0.4, -0.2) is 29.9 Å². The number of hydrogen-bond acceptors (Lipinski definition) is 6. The van der Waals surface area contributed by atoms with Crippen LogP contribution in [0.15, 0.2) is 110 Å². The lowest BCUT2D eigenvalue weighted by Gasteiger charge is -1.90. The molecule has 0 N–H and O–H groups in total. The Morgan fingerprint density at radius 1 is 0.400 bits per heavy atom. The number of hydrogen-bond donors (Lipinski definition) is 0. The van der Waals surface area contributed by atoms with Crippen molar-refractivity contribution in [2.24, 2.45) is 0 Å². The van der Waals surface area contributed by atoms with Crippen molar-refractivity contribution in [3.8, 4) is 0 Å². The second-order valence-corrected chi connectivity index (χ2v) is 6.20. The second-order valence-electron chi connectivity index (χ2n) is 6.20. The first kappa shape index (κ1) is 19.0. The summed E-state index contributed by atoms with van der Waals surface area (Å²) in [5.41, 5.74) is 3.89. The molecular formula is C24H18N6. The number of benzene rings is 2. The molecule has 0 unspecified atom stereocenters. The first-order valence-corrected chi connectivity index (χ1v) is 9.35. The predicted molar refractivity (Wildman–Crippen MR) is 119 cm³/mol. The largest absolute Gasteiger partial charge is 0.264 e. The quantitative estimate of drug-likeness (QED) is 0.367. The van der Waals surface area contributed by atoms with Crippen molar-refractivity contribution in [2.75, 3.05) is 0 Å². The molecule has 0 saturated heterocycles. The normalized spacial score (nSPS) is 10.0. The summed E-state index contributed by atoms with van der Waals surface area (Å²) < 4.78 is 0. The number of fused-ring (bicyclic) bond motifs is 3. The van der Waals surface area contributed by atoms with Crippen LogP contribution in [-0.2, 0) is 0 Å². The van der Waals surface area contributed by atoms with Crippen LogP contribution in [0.4, 0.5) is 0 Å². The van der Waals surface area contributed by atoms with E-state index in [0.717, 1.165) is 32.8 Å². The molecule has 6 rings (SSSR count). The summed E-state index contributed by atoms with van der Waals surface area (Å²) in [6.45, 7) is 0. The van der Waals surface area contributed by atoms with Crippen LogP contribution in [0.25, 0.3) is 32.8 Å². The molecule has 2 aromatic carbocycles. The van der Waals surface area contributed by atoms with Crippen LogP contribution in [0.3, 0.4) is 0 Å². The van der Waals surface area contributed by atoms with Gasteiger partial charge in [-0.15, -0.1) is 0 Å². The predicted octanol–water partition coefficient (Wildman–Crippen LogP) is 4.89. The van der Waals surface area contributed by atoms with Gasteiger partial charge < -0.3 is 0 Å². The highest BCUT2D eigenvalue weighted by Crippen LogP contribution is 2.07. The average molecular weight is 390 g/mol. The minimum Gasteiger partial charge on any atom is -0.264 e. The van der Waals surface area contributed by atoms with E-state index < -0.39 is 0 Å². The minimum absolute atomic E-state index is 0.949. The van der Waals surface area contributed by atoms with Crippen LogP contribution in [0.5, 0.6) is 0 Å². The number of rotatable bonds is 0. The summed E-state index contributed by atoms with van der Waals surface area (Å²) in [5.74, 6) is 0. The van der Waals surface area contributed by atoms with Gasteiger partial charge in [-0.25, -0.2) is 9.97 Å². The van der Waals surface area contributed by atoms with E-state index >= 15 is 0 Å². The fraction of sp³-hybridized carbons (Fsp3) is 0. The number of nitrogens with zero attached hydrogens (tertiary/aromatic N) is 6. The van der Waals surface area contributed by atoms with Gasteiger partial charge in [0.05, 0.1) is 22.1 Å². The molecule has 6 aromatic rings. The average Bonchev–Trinajstić information content (AvgIpc) is 2.85. The van der Waals surface area contributed by atoms with Gasteiger partial charge in [-0.2, -0.15) is 0 Å². The van der Waals surface area contributed by atoms with Gasteiger partial charge in [0.2, 0.25) is 0 Å². The summed E-state index contributed by atoms with van der Waals surface area (Å²) in [6, 6.07) is 21.5. The zero-order valence-corrected chi connectivity index (χ0v) is 16.1. The molecule has 0 aliphatic carbocycles. The van der Waals surface area contributed by atoms with Crippen molar-refractivity contribution in [2.45, 2.75) is 0 Å². The minimum atomic E-state index is 0.949. The number of aromatic nitrogens is 6. The highest BCUT2D eigenvalue weighted by Gasteiger charge is 1.89. The van der Waals surface area contributed by atoms with Crippen LogP contribution < -0.4 is 0 Å². The molecule has 0 radical (unpaired) electrons. The molecule has 0 spiro atoms. The van der Waals surface area contributed by atoms with E-state index in [4.69, 9.17) is 0 Å². The molecular weight excluding hydrogens is 372 g/mol. The van der Waals surface area contributed by atoms with Crippen molar-refractivity contribution < 1.29 is 0 Å². The maximum Gasteiger partial charge on any atom is 0.116 e. The maximum atomic E-state index is 4.14. The summed E-state index contributed by atoms with van der Waals surface area (Å²) in [5, 5.41) is 2.18. The van der Waals surface area contributed by atoms with Gasteiger partial charge in [-0.05, 0) is 36.4 Å². The van der Waals surface area contributed by atoms with Gasteiger partial charge in [0.25, 0.3) is 0 Å². The lowest BCUT2D eigenvalue weighted by molar-refractivity contribution is 1.22. The second kappa shape index (κ2) is 9.75. The van der Waals surface area contributed by atoms with Gasteiger partial charge >= 0.3 is 0 Å². The molecule has 144 valence electrons. The van der Waals surface area contributed by atoms with Crippen LogP contribution >= 0.6 is 0 Å². The van der Waals surface area contributed by atoms with E-state index in [0.29, 0.717) is 0 Å². The van der Waals surface area contributed by atoms with Crippen LogP contribution in [0.2, 0.25) is 0 Å². The third-order valence-corrected chi connectivity index (χ3v) is 4.19. The van der Waals surface area contributed by atoms with E-state index in [9.17, 15) is 0 Å². The van der Waals surface area contributed by atoms with E-state index in [-0.39, 0.29) is 0 Å². The summed E-state index contributed by atoms with van der Waals surface area (Å²) in [4.78, 5) is 24.3. The van der Waals surface area contributed by atoms with Crippen LogP contribution in [0, 0.1) is 0 Å². The van der Waals surface area contributed by atoms with Gasteiger partial charge in [0.1, 0.15) is 6.33 Å². The first-order chi connectivity index (χ1) is 14.9. The highest BCUT2D eigenvalue weighted by molar-refractivity contribution is 5.77. The van der Waals surface area contributed by atoms with Crippen molar-refractivity contribution in [1.82, 2.24) is 29.9 Å². The molecule has 4 heterocycles. The summed E-state index contributed by atoms with van der Waals surface area (Å²) in [6.07, 6.45) is 12.1. The Kier molecular flexibility index (Phi) is 6.18. The third kappa shape index (κ3) is 4.94. The van der Waals surface area contributed by atoms with Gasteiger partial charge in [0, 0.05) is 48.0 Å². The van der Waals surface area contributed by atoms with Crippen LogP contribution in [0.1, 0.15) is 0 Å². The molecule has 0 saturated carbocycles. The van der Waals surface area contributed by atoms with E-state index in [1.807, 2.05) is 79.1 Å². The Hall–Kier alpha value is -4.32. The smallest absolute Gasteiger partial charge is 0.116 e. The molecule has 0 amide bonds. The Balaban J connectivity index is 0.000000109. The molecule has 6 heteroatoms. The molecule has 6 nitrogen and oxygen atoms in total. The molecule has 30 heavy (non-hydrogen) atoms. The van der Waals surface area contributed by atoms with Crippen molar-refractivity contribution in [3.63, 3.8) is 0 Å². The SMILES string of the molecule is c1ccc2nccnc2c1.c1ccc2ncncc2c1.c1cnc2ccncc2c1. The zero-order valence-electron chi connectivity index (χ0n) is 16.1. The highest BCUT2D eigenvalue weighted by atomic mass is 14.8. The fourth-order valence-electron chi connectivity index (χ4n) is 2.75. The maximum absolute atomic E-state index is 4.14. The Morgan fingerprint density at radius 2 is 0.967 bits per heavy atom. The Morgan fingerprint density at radius 3 is 1.70 bits per heavy atom. The molecule has 0 aliphatic heterocycles. The summed E-state index contributed by atoms with van der Waals surface area (Å²) >= 11 is 0. The monoisotopic (exact) mass is 390 g/mol. The van der Waals surface area contributed by atoms with Crippen molar-refractivity contribution >= 4 is 32.8 Å². The molecule has 4 aromatic heterocycles. The molecule has 0 aliphatic rings. The van der Waals surface area contributed by atoms with Gasteiger partial charge in [-0.3, -0.25) is 19.9 Å². The molecule has 0 bridgehead atoms. The lowest BCUT2D eigenvalue weighted by Crippen LogP contribution is -1.78. The molecule has 0 fully saturated rings. The third-order valence-electron chi connectivity index (χ3n) is 4.19. The fourth-order valence-corrected chi connectivity index (χ4v) is 2.75. The van der Waals surface area contributed by atoms with E-state index in [1.165, 1.54) is 0 Å². The van der Waals surface area contributed by atoms with E-state index in [1.54, 1.807) is 31.1 Å². The zero-order chi connectivity index (χ0) is 20.4. The Bertz CT molecular complexity index is 1000. The number of pyridine rings is 2.